The zero-order valence-corrected chi connectivity index (χ0v) is 16.0. The molecule has 5 nitrogen and oxygen atoms in total. The second-order valence-corrected chi connectivity index (χ2v) is 7.29. The quantitative estimate of drug-likeness (QED) is 0.657. The van der Waals surface area contributed by atoms with Gasteiger partial charge < -0.3 is 9.88 Å². The van der Waals surface area contributed by atoms with Crippen molar-refractivity contribution < 1.29 is 4.79 Å². The summed E-state index contributed by atoms with van der Waals surface area (Å²) in [6.45, 7) is 4.80. The Morgan fingerprint density at radius 2 is 2.04 bits per heavy atom. The highest BCUT2D eigenvalue weighted by Crippen LogP contribution is 2.19. The Morgan fingerprint density at radius 1 is 1.23 bits per heavy atom. The molecule has 0 saturated heterocycles. The van der Waals surface area contributed by atoms with Crippen LogP contribution in [0.25, 0.3) is 0 Å². The van der Waals surface area contributed by atoms with Gasteiger partial charge in [0.2, 0.25) is 5.91 Å². The van der Waals surface area contributed by atoms with Crippen LogP contribution < -0.4 is 5.32 Å². The molecular weight excluding hydrogens is 344 g/mol. The molecule has 0 aliphatic heterocycles. The van der Waals surface area contributed by atoms with Gasteiger partial charge in [-0.05, 0) is 32.3 Å². The SMILES string of the molecule is Cc1ncsc1CCC(=O)N[C@@H](CCn1ccnc1C)c1ccccc1. The van der Waals surface area contributed by atoms with Crippen molar-refractivity contribution in [2.75, 3.05) is 0 Å². The Kier molecular flexibility index (Phi) is 6.17. The van der Waals surface area contributed by atoms with E-state index in [1.54, 1.807) is 11.3 Å². The van der Waals surface area contributed by atoms with Crippen molar-refractivity contribution in [1.82, 2.24) is 19.9 Å². The van der Waals surface area contributed by atoms with Crippen LogP contribution >= 0.6 is 11.3 Å². The third kappa shape index (κ3) is 4.79. The molecule has 3 aromatic rings. The van der Waals surface area contributed by atoms with E-state index in [1.165, 1.54) is 4.88 Å². The van der Waals surface area contributed by atoms with Gasteiger partial charge in [0.05, 0.1) is 17.2 Å². The first-order valence-corrected chi connectivity index (χ1v) is 9.72. The molecule has 1 atom stereocenters. The molecule has 3 rings (SSSR count). The summed E-state index contributed by atoms with van der Waals surface area (Å²) in [5, 5.41) is 3.21. The Bertz CT molecular complexity index is 840. The monoisotopic (exact) mass is 368 g/mol. The number of hydrogen-bond acceptors (Lipinski definition) is 4. The van der Waals surface area contributed by atoms with Crippen molar-refractivity contribution in [3.05, 3.63) is 70.2 Å². The van der Waals surface area contributed by atoms with Crippen LogP contribution in [-0.4, -0.2) is 20.4 Å². The van der Waals surface area contributed by atoms with Crippen molar-refractivity contribution in [3.8, 4) is 0 Å². The number of carbonyl (C=O) groups is 1. The second kappa shape index (κ2) is 8.76. The summed E-state index contributed by atoms with van der Waals surface area (Å²) >= 11 is 1.62. The number of benzene rings is 1. The maximum absolute atomic E-state index is 12.5. The summed E-state index contributed by atoms with van der Waals surface area (Å²) in [6.07, 6.45) is 5.84. The molecule has 1 aromatic carbocycles. The third-order valence-electron chi connectivity index (χ3n) is 4.54. The van der Waals surface area contributed by atoms with E-state index in [1.807, 2.05) is 50.0 Å². The Labute approximate surface area is 158 Å². The highest BCUT2D eigenvalue weighted by molar-refractivity contribution is 7.09. The number of hydrogen-bond donors (Lipinski definition) is 1. The standard InChI is InChI=1S/C20H24N4OS/c1-15-19(26-14-22-15)8-9-20(25)23-18(17-6-4-3-5-7-17)10-12-24-13-11-21-16(24)2/h3-7,11,13-14,18H,8-10,12H2,1-2H3,(H,23,25)/t18-/m0/s1. The van der Waals surface area contributed by atoms with E-state index in [0.29, 0.717) is 6.42 Å². The summed E-state index contributed by atoms with van der Waals surface area (Å²) in [4.78, 5) is 22.2. The van der Waals surface area contributed by atoms with E-state index in [-0.39, 0.29) is 11.9 Å². The molecule has 0 unspecified atom stereocenters. The van der Waals surface area contributed by atoms with E-state index in [2.05, 4.69) is 32.0 Å². The van der Waals surface area contributed by atoms with Crippen LogP contribution in [0.2, 0.25) is 0 Å². The molecule has 0 aliphatic rings. The predicted molar refractivity (Wildman–Crippen MR) is 104 cm³/mol. The minimum Gasteiger partial charge on any atom is -0.349 e. The molecule has 6 heteroatoms. The number of rotatable bonds is 8. The normalized spacial score (nSPS) is 12.1. The zero-order chi connectivity index (χ0) is 18.4. The maximum Gasteiger partial charge on any atom is 0.220 e. The molecule has 26 heavy (non-hydrogen) atoms. The van der Waals surface area contributed by atoms with Gasteiger partial charge in [0.1, 0.15) is 5.82 Å². The van der Waals surface area contributed by atoms with Gasteiger partial charge in [-0.25, -0.2) is 9.97 Å². The van der Waals surface area contributed by atoms with Crippen molar-refractivity contribution >= 4 is 17.2 Å². The number of aryl methyl sites for hydroxylation is 4. The minimum absolute atomic E-state index is 0.00643. The topological polar surface area (TPSA) is 59.8 Å². The van der Waals surface area contributed by atoms with E-state index >= 15 is 0 Å². The number of carbonyl (C=O) groups excluding carboxylic acids is 1. The fourth-order valence-electron chi connectivity index (χ4n) is 2.98. The smallest absolute Gasteiger partial charge is 0.220 e. The molecule has 0 bridgehead atoms. The lowest BCUT2D eigenvalue weighted by Gasteiger charge is -2.20. The van der Waals surface area contributed by atoms with Crippen LogP contribution in [0.5, 0.6) is 0 Å². The summed E-state index contributed by atoms with van der Waals surface area (Å²) in [5.74, 6) is 1.07. The average Bonchev–Trinajstić information content (AvgIpc) is 3.25. The highest BCUT2D eigenvalue weighted by Gasteiger charge is 2.15. The van der Waals surface area contributed by atoms with Gasteiger partial charge in [0, 0.05) is 30.2 Å². The molecule has 0 radical (unpaired) electrons. The first-order valence-electron chi connectivity index (χ1n) is 8.84. The van der Waals surface area contributed by atoms with Crippen molar-refractivity contribution in [3.63, 3.8) is 0 Å². The number of imidazole rings is 1. The van der Waals surface area contributed by atoms with Gasteiger partial charge in [-0.3, -0.25) is 4.79 Å². The van der Waals surface area contributed by atoms with Crippen LogP contribution in [0.4, 0.5) is 0 Å². The number of thiazole rings is 1. The van der Waals surface area contributed by atoms with E-state index in [4.69, 9.17) is 0 Å². The van der Waals surface area contributed by atoms with Crippen LogP contribution in [0, 0.1) is 13.8 Å². The van der Waals surface area contributed by atoms with Crippen LogP contribution in [0.1, 0.15) is 40.8 Å². The largest absolute Gasteiger partial charge is 0.349 e. The second-order valence-electron chi connectivity index (χ2n) is 6.35. The molecule has 2 aromatic heterocycles. The molecule has 136 valence electrons. The minimum atomic E-state index is -0.00643. The fourth-order valence-corrected chi connectivity index (χ4v) is 3.76. The molecule has 0 saturated carbocycles. The van der Waals surface area contributed by atoms with Gasteiger partial charge >= 0.3 is 0 Å². The highest BCUT2D eigenvalue weighted by atomic mass is 32.1. The molecule has 0 aliphatic carbocycles. The van der Waals surface area contributed by atoms with Gasteiger partial charge in [-0.2, -0.15) is 0 Å². The number of amides is 1. The van der Waals surface area contributed by atoms with E-state index < -0.39 is 0 Å². The third-order valence-corrected chi connectivity index (χ3v) is 5.54. The summed E-state index contributed by atoms with van der Waals surface area (Å²) in [7, 11) is 0. The van der Waals surface area contributed by atoms with Gasteiger partial charge in [-0.1, -0.05) is 30.3 Å². The summed E-state index contributed by atoms with van der Waals surface area (Å²) < 4.78 is 2.11. The molecule has 0 fully saturated rings. The van der Waals surface area contributed by atoms with Gasteiger partial charge in [0.15, 0.2) is 0 Å². The van der Waals surface area contributed by atoms with Crippen molar-refractivity contribution in [2.45, 2.75) is 45.7 Å². The zero-order valence-electron chi connectivity index (χ0n) is 15.2. The Hall–Kier alpha value is -2.47. The first-order chi connectivity index (χ1) is 12.6. The molecule has 2 heterocycles. The molecular formula is C20H24N4OS. The lowest BCUT2D eigenvalue weighted by atomic mass is 10.0. The predicted octanol–water partition coefficient (Wildman–Crippen LogP) is 3.84. The molecule has 0 spiro atoms. The van der Waals surface area contributed by atoms with Crippen molar-refractivity contribution in [2.24, 2.45) is 0 Å². The number of nitrogens with one attached hydrogen (secondary N) is 1. The van der Waals surface area contributed by atoms with Crippen LogP contribution in [0.3, 0.4) is 0 Å². The van der Waals surface area contributed by atoms with Crippen molar-refractivity contribution in [1.29, 1.82) is 0 Å². The lowest BCUT2D eigenvalue weighted by Crippen LogP contribution is -2.29. The Balaban J connectivity index is 1.62. The van der Waals surface area contributed by atoms with Gasteiger partial charge in [0.25, 0.3) is 0 Å². The first kappa shape index (κ1) is 18.3. The van der Waals surface area contributed by atoms with Gasteiger partial charge in [-0.15, -0.1) is 11.3 Å². The number of aromatic nitrogens is 3. The van der Waals surface area contributed by atoms with E-state index in [9.17, 15) is 4.79 Å². The maximum atomic E-state index is 12.5. The van der Waals surface area contributed by atoms with Crippen LogP contribution in [-0.2, 0) is 17.8 Å². The summed E-state index contributed by atoms with van der Waals surface area (Å²) in [6, 6.07) is 10.1. The number of nitrogens with zero attached hydrogens (tertiary/aromatic N) is 3. The molecule has 1 amide bonds. The average molecular weight is 369 g/mol. The summed E-state index contributed by atoms with van der Waals surface area (Å²) in [5.41, 5.74) is 3.99. The lowest BCUT2D eigenvalue weighted by molar-refractivity contribution is -0.121. The fraction of sp³-hybridized carbons (Fsp3) is 0.350. The van der Waals surface area contributed by atoms with E-state index in [0.717, 1.165) is 36.5 Å². The van der Waals surface area contributed by atoms with Crippen LogP contribution in [0.15, 0.2) is 48.2 Å². The Morgan fingerprint density at radius 3 is 2.69 bits per heavy atom. The molecule has 1 N–H and O–H groups in total.